The van der Waals surface area contributed by atoms with Crippen LogP contribution in [-0.2, 0) is 6.61 Å². The number of likely N-dealkylation sites (tertiary alicyclic amines) is 1. The number of aryl methyl sites for hydroxylation is 2. The van der Waals surface area contributed by atoms with E-state index in [1.807, 2.05) is 62.2 Å². The Labute approximate surface area is 170 Å². The van der Waals surface area contributed by atoms with Gasteiger partial charge in [-0.3, -0.25) is 4.79 Å². The average molecular weight is 393 g/mol. The third-order valence-corrected chi connectivity index (χ3v) is 5.75. The molecule has 1 amide bonds. The largest absolute Gasteiger partial charge is 0.488 e. The van der Waals surface area contributed by atoms with Crippen LogP contribution in [0, 0.1) is 13.8 Å². The smallest absolute Gasteiger partial charge is 0.257 e. The molecular weight excluding hydrogens is 366 g/mol. The molecule has 0 radical (unpaired) electrons. The molecule has 1 unspecified atom stereocenters. The molecule has 1 aromatic heterocycles. The fourth-order valence-electron chi connectivity index (χ4n) is 3.93. The van der Waals surface area contributed by atoms with Crippen molar-refractivity contribution < 1.29 is 14.1 Å². The van der Waals surface area contributed by atoms with E-state index >= 15 is 0 Å². The molecule has 1 fully saturated rings. The molecule has 2 aromatic carbocycles. The SMILES string of the molecule is CNC1CCCN(C(=O)c2cc3ccccc3cc2OCc2c(C)noc2C)C1. The van der Waals surface area contributed by atoms with E-state index in [2.05, 4.69) is 10.5 Å². The molecule has 4 rings (SSSR count). The maximum Gasteiger partial charge on any atom is 0.257 e. The predicted octanol–water partition coefficient (Wildman–Crippen LogP) is 3.85. The van der Waals surface area contributed by atoms with Crippen molar-refractivity contribution in [2.45, 2.75) is 39.3 Å². The van der Waals surface area contributed by atoms with Crippen LogP contribution in [0.4, 0.5) is 0 Å². The number of nitrogens with zero attached hydrogens (tertiary/aromatic N) is 2. The predicted molar refractivity (Wildman–Crippen MR) is 112 cm³/mol. The van der Waals surface area contributed by atoms with Gasteiger partial charge in [-0.05, 0) is 56.6 Å². The highest BCUT2D eigenvalue weighted by atomic mass is 16.5. The van der Waals surface area contributed by atoms with Gasteiger partial charge >= 0.3 is 0 Å². The van der Waals surface area contributed by atoms with Gasteiger partial charge in [0.05, 0.1) is 16.8 Å². The van der Waals surface area contributed by atoms with Crippen molar-refractivity contribution in [3.63, 3.8) is 0 Å². The fourth-order valence-corrected chi connectivity index (χ4v) is 3.93. The van der Waals surface area contributed by atoms with Crippen LogP contribution in [0.1, 0.15) is 40.2 Å². The lowest BCUT2D eigenvalue weighted by Crippen LogP contribution is -2.47. The Hall–Kier alpha value is -2.86. The number of aromatic nitrogens is 1. The topological polar surface area (TPSA) is 67.6 Å². The second-order valence-corrected chi connectivity index (χ2v) is 7.67. The van der Waals surface area contributed by atoms with Gasteiger partial charge in [-0.25, -0.2) is 0 Å². The van der Waals surface area contributed by atoms with E-state index < -0.39 is 0 Å². The van der Waals surface area contributed by atoms with Crippen molar-refractivity contribution in [1.29, 1.82) is 0 Å². The summed E-state index contributed by atoms with van der Waals surface area (Å²) in [4.78, 5) is 15.3. The summed E-state index contributed by atoms with van der Waals surface area (Å²) in [6.45, 7) is 5.57. The number of rotatable bonds is 5. The second-order valence-electron chi connectivity index (χ2n) is 7.67. The van der Waals surface area contributed by atoms with Gasteiger partial charge in [-0.2, -0.15) is 0 Å². The first kappa shape index (κ1) is 19.5. The lowest BCUT2D eigenvalue weighted by atomic mass is 10.0. The fraction of sp³-hybridized carbons (Fsp3) is 0.391. The molecule has 0 spiro atoms. The highest BCUT2D eigenvalue weighted by Gasteiger charge is 2.26. The van der Waals surface area contributed by atoms with Gasteiger partial charge in [0.15, 0.2) is 0 Å². The number of ether oxygens (including phenoxy) is 1. The van der Waals surface area contributed by atoms with Crippen molar-refractivity contribution in [1.82, 2.24) is 15.4 Å². The van der Waals surface area contributed by atoms with Crippen LogP contribution in [0.25, 0.3) is 10.8 Å². The maximum absolute atomic E-state index is 13.4. The molecular formula is C23H27N3O3. The van der Waals surface area contributed by atoms with E-state index in [0.717, 1.165) is 47.2 Å². The molecule has 2 heterocycles. The maximum atomic E-state index is 13.4. The zero-order valence-electron chi connectivity index (χ0n) is 17.2. The Bertz CT molecular complexity index is 1010. The van der Waals surface area contributed by atoms with Crippen LogP contribution in [0.15, 0.2) is 40.9 Å². The minimum atomic E-state index is 0.0180. The summed E-state index contributed by atoms with van der Waals surface area (Å²) in [5.41, 5.74) is 2.33. The molecule has 0 bridgehead atoms. The van der Waals surface area contributed by atoms with Gasteiger partial charge < -0.3 is 19.5 Å². The first-order valence-corrected chi connectivity index (χ1v) is 10.1. The van der Waals surface area contributed by atoms with Gasteiger partial charge in [0.25, 0.3) is 5.91 Å². The summed E-state index contributed by atoms with van der Waals surface area (Å²) in [7, 11) is 1.95. The Morgan fingerprint density at radius 3 is 2.72 bits per heavy atom. The summed E-state index contributed by atoms with van der Waals surface area (Å²) < 4.78 is 11.4. The molecule has 29 heavy (non-hydrogen) atoms. The number of fused-ring (bicyclic) bond motifs is 1. The van der Waals surface area contributed by atoms with Crippen LogP contribution >= 0.6 is 0 Å². The zero-order valence-corrected chi connectivity index (χ0v) is 17.2. The highest BCUT2D eigenvalue weighted by molar-refractivity contribution is 6.01. The lowest BCUT2D eigenvalue weighted by molar-refractivity contribution is 0.0693. The zero-order chi connectivity index (χ0) is 20.4. The third kappa shape index (κ3) is 3.98. The molecule has 1 saturated heterocycles. The average Bonchev–Trinajstić information content (AvgIpc) is 3.08. The number of nitrogens with one attached hydrogen (secondary N) is 1. The van der Waals surface area contributed by atoms with E-state index in [9.17, 15) is 4.79 Å². The highest BCUT2D eigenvalue weighted by Crippen LogP contribution is 2.29. The summed E-state index contributed by atoms with van der Waals surface area (Å²) in [6, 6.07) is 12.3. The van der Waals surface area contributed by atoms with Crippen LogP contribution in [0.3, 0.4) is 0 Å². The monoisotopic (exact) mass is 393 g/mol. The van der Waals surface area contributed by atoms with Gasteiger partial charge in [-0.15, -0.1) is 0 Å². The number of carbonyl (C=O) groups excluding carboxylic acids is 1. The number of benzene rings is 2. The molecule has 1 aliphatic heterocycles. The molecule has 1 atom stereocenters. The van der Waals surface area contributed by atoms with Crippen LogP contribution in [0.2, 0.25) is 0 Å². The lowest BCUT2D eigenvalue weighted by Gasteiger charge is -2.33. The first-order chi connectivity index (χ1) is 14.1. The number of piperidine rings is 1. The van der Waals surface area contributed by atoms with Gasteiger partial charge in [-0.1, -0.05) is 29.4 Å². The number of likely N-dealkylation sites (N-methyl/N-ethyl adjacent to an activating group) is 1. The second kappa shape index (κ2) is 8.25. The van der Waals surface area contributed by atoms with Crippen LogP contribution in [-0.4, -0.2) is 42.1 Å². The standard InChI is InChI=1S/C23H27N3O3/c1-15-21(16(2)29-25-15)14-28-22-12-18-8-5-4-7-17(18)11-20(22)23(27)26-10-6-9-19(13-26)24-3/h4-5,7-8,11-12,19,24H,6,9-10,13-14H2,1-3H3. The van der Waals surface area contributed by atoms with Gasteiger partial charge in [0.2, 0.25) is 0 Å². The number of hydrogen-bond donors (Lipinski definition) is 1. The Balaban J connectivity index is 1.67. The van der Waals surface area contributed by atoms with E-state index in [4.69, 9.17) is 9.26 Å². The van der Waals surface area contributed by atoms with E-state index in [1.54, 1.807) is 0 Å². The molecule has 3 aromatic rings. The Kier molecular flexibility index (Phi) is 5.53. The van der Waals surface area contributed by atoms with E-state index in [1.165, 1.54) is 0 Å². The number of amides is 1. The molecule has 0 aliphatic carbocycles. The Morgan fingerprint density at radius 1 is 1.28 bits per heavy atom. The van der Waals surface area contributed by atoms with Crippen molar-refractivity contribution in [2.24, 2.45) is 0 Å². The Morgan fingerprint density at radius 2 is 2.03 bits per heavy atom. The summed E-state index contributed by atoms with van der Waals surface area (Å²) in [5.74, 6) is 1.36. The first-order valence-electron chi connectivity index (χ1n) is 10.1. The van der Waals surface area contributed by atoms with Gasteiger partial charge in [0.1, 0.15) is 18.1 Å². The third-order valence-electron chi connectivity index (χ3n) is 5.75. The van der Waals surface area contributed by atoms with E-state index in [-0.39, 0.29) is 5.91 Å². The molecule has 6 heteroatoms. The number of carbonyl (C=O) groups is 1. The van der Waals surface area contributed by atoms with Gasteiger partial charge in [0, 0.05) is 19.1 Å². The molecule has 0 saturated carbocycles. The quantitative estimate of drug-likeness (QED) is 0.713. The minimum Gasteiger partial charge on any atom is -0.488 e. The van der Waals surface area contributed by atoms with E-state index in [0.29, 0.717) is 30.5 Å². The summed E-state index contributed by atoms with van der Waals surface area (Å²) in [5, 5.41) is 9.36. The normalized spacial score (nSPS) is 16.9. The molecule has 1 aliphatic rings. The number of hydrogen-bond acceptors (Lipinski definition) is 5. The molecule has 6 nitrogen and oxygen atoms in total. The van der Waals surface area contributed by atoms with Crippen LogP contribution < -0.4 is 10.1 Å². The van der Waals surface area contributed by atoms with Crippen molar-refractivity contribution >= 4 is 16.7 Å². The molecule has 1 N–H and O–H groups in total. The van der Waals surface area contributed by atoms with Crippen molar-refractivity contribution in [3.8, 4) is 5.75 Å². The summed E-state index contributed by atoms with van der Waals surface area (Å²) in [6.07, 6.45) is 2.09. The van der Waals surface area contributed by atoms with Crippen molar-refractivity contribution in [2.75, 3.05) is 20.1 Å². The van der Waals surface area contributed by atoms with Crippen molar-refractivity contribution in [3.05, 3.63) is 59.0 Å². The minimum absolute atomic E-state index is 0.0180. The summed E-state index contributed by atoms with van der Waals surface area (Å²) >= 11 is 0. The molecule has 152 valence electrons. The van der Waals surface area contributed by atoms with Crippen LogP contribution in [0.5, 0.6) is 5.75 Å².